The summed E-state index contributed by atoms with van der Waals surface area (Å²) < 4.78 is 0. The molecule has 1 heterocycles. The Morgan fingerprint density at radius 3 is 2.81 bits per heavy atom. The van der Waals surface area contributed by atoms with E-state index in [1.807, 2.05) is 36.6 Å². The summed E-state index contributed by atoms with van der Waals surface area (Å²) in [6.07, 6.45) is 0.497. The molecule has 0 fully saturated rings. The molecule has 1 aromatic carbocycles. The van der Waals surface area contributed by atoms with Crippen LogP contribution in [0.25, 0.3) is 0 Å². The maximum atomic E-state index is 10.3. The molecule has 2 aromatic rings. The standard InChI is InChI=1S/C14H16OS/c1-3-11-7-8-16-14(11)13(15)12-6-4-5-10(2)9-12/h4-9,13,15H,3H2,1-2H3. The maximum absolute atomic E-state index is 10.3. The van der Waals surface area contributed by atoms with Crippen molar-refractivity contribution in [3.05, 3.63) is 57.3 Å². The zero-order chi connectivity index (χ0) is 11.5. The third-order valence-corrected chi connectivity index (χ3v) is 3.78. The molecule has 0 bridgehead atoms. The summed E-state index contributed by atoms with van der Waals surface area (Å²) in [6, 6.07) is 10.2. The van der Waals surface area contributed by atoms with E-state index in [0.29, 0.717) is 0 Å². The summed E-state index contributed by atoms with van der Waals surface area (Å²) >= 11 is 1.63. The summed E-state index contributed by atoms with van der Waals surface area (Å²) in [6.45, 7) is 4.17. The molecule has 0 amide bonds. The van der Waals surface area contributed by atoms with Crippen LogP contribution in [0.5, 0.6) is 0 Å². The normalized spacial score (nSPS) is 12.7. The molecule has 0 aliphatic heterocycles. The summed E-state index contributed by atoms with van der Waals surface area (Å²) in [5, 5.41) is 12.4. The average Bonchev–Trinajstić information content (AvgIpc) is 2.76. The topological polar surface area (TPSA) is 20.2 Å². The van der Waals surface area contributed by atoms with E-state index in [1.165, 1.54) is 11.1 Å². The first-order valence-corrected chi connectivity index (χ1v) is 6.41. The van der Waals surface area contributed by atoms with Gasteiger partial charge in [0.2, 0.25) is 0 Å². The molecule has 0 saturated heterocycles. The highest BCUT2D eigenvalue weighted by atomic mass is 32.1. The Bertz CT molecular complexity index is 473. The van der Waals surface area contributed by atoms with Crippen LogP contribution in [-0.2, 0) is 6.42 Å². The summed E-state index contributed by atoms with van der Waals surface area (Å²) in [7, 11) is 0. The molecule has 1 atom stereocenters. The van der Waals surface area contributed by atoms with Crippen LogP contribution in [0.3, 0.4) is 0 Å². The van der Waals surface area contributed by atoms with E-state index in [2.05, 4.69) is 13.0 Å². The van der Waals surface area contributed by atoms with E-state index in [9.17, 15) is 5.11 Å². The molecular formula is C14H16OS. The van der Waals surface area contributed by atoms with Gasteiger partial charge in [-0.1, -0.05) is 36.8 Å². The molecule has 0 saturated carbocycles. The van der Waals surface area contributed by atoms with Crippen molar-refractivity contribution in [2.45, 2.75) is 26.4 Å². The number of thiophene rings is 1. The monoisotopic (exact) mass is 232 g/mol. The highest BCUT2D eigenvalue weighted by molar-refractivity contribution is 7.10. The number of hydrogen-bond acceptors (Lipinski definition) is 2. The predicted molar refractivity (Wildman–Crippen MR) is 68.9 cm³/mol. The quantitative estimate of drug-likeness (QED) is 0.855. The zero-order valence-electron chi connectivity index (χ0n) is 9.60. The van der Waals surface area contributed by atoms with E-state index in [0.717, 1.165) is 16.9 Å². The Balaban J connectivity index is 2.35. The van der Waals surface area contributed by atoms with Gasteiger partial charge in [-0.15, -0.1) is 11.3 Å². The highest BCUT2D eigenvalue weighted by Gasteiger charge is 2.15. The molecule has 1 unspecified atom stereocenters. The van der Waals surface area contributed by atoms with Crippen LogP contribution < -0.4 is 0 Å². The molecule has 84 valence electrons. The van der Waals surface area contributed by atoms with Gasteiger partial charge in [-0.25, -0.2) is 0 Å². The molecule has 0 aliphatic rings. The molecule has 1 N–H and O–H groups in total. The fraction of sp³-hybridized carbons (Fsp3) is 0.286. The van der Waals surface area contributed by atoms with Gasteiger partial charge in [0.1, 0.15) is 6.10 Å². The van der Waals surface area contributed by atoms with E-state index >= 15 is 0 Å². The van der Waals surface area contributed by atoms with Crippen LogP contribution in [0, 0.1) is 6.92 Å². The average molecular weight is 232 g/mol. The van der Waals surface area contributed by atoms with Gasteiger partial charge >= 0.3 is 0 Å². The second-order valence-electron chi connectivity index (χ2n) is 3.98. The van der Waals surface area contributed by atoms with E-state index < -0.39 is 6.10 Å². The van der Waals surface area contributed by atoms with Crippen LogP contribution in [0.2, 0.25) is 0 Å². The molecule has 1 nitrogen and oxygen atoms in total. The van der Waals surface area contributed by atoms with Crippen molar-refractivity contribution in [3.8, 4) is 0 Å². The number of aliphatic hydroxyl groups excluding tert-OH is 1. The lowest BCUT2D eigenvalue weighted by atomic mass is 10.0. The molecule has 2 rings (SSSR count). The molecule has 0 aliphatic carbocycles. The number of benzene rings is 1. The number of aryl methyl sites for hydroxylation is 2. The van der Waals surface area contributed by atoms with Crippen LogP contribution in [0.4, 0.5) is 0 Å². The molecule has 0 radical (unpaired) electrons. The summed E-state index contributed by atoms with van der Waals surface area (Å²) in [4.78, 5) is 1.08. The van der Waals surface area contributed by atoms with E-state index in [4.69, 9.17) is 0 Å². The molecule has 2 heteroatoms. The minimum absolute atomic E-state index is 0.477. The number of rotatable bonds is 3. The van der Waals surface area contributed by atoms with Crippen LogP contribution >= 0.6 is 11.3 Å². The second-order valence-corrected chi connectivity index (χ2v) is 4.93. The van der Waals surface area contributed by atoms with Crippen LogP contribution in [0.15, 0.2) is 35.7 Å². The largest absolute Gasteiger partial charge is 0.383 e. The third-order valence-electron chi connectivity index (χ3n) is 2.77. The van der Waals surface area contributed by atoms with Gasteiger partial charge in [-0.3, -0.25) is 0 Å². The maximum Gasteiger partial charge on any atom is 0.113 e. The highest BCUT2D eigenvalue weighted by Crippen LogP contribution is 2.30. The van der Waals surface area contributed by atoms with E-state index in [-0.39, 0.29) is 0 Å². The zero-order valence-corrected chi connectivity index (χ0v) is 10.4. The van der Waals surface area contributed by atoms with Gasteiger partial charge in [0.15, 0.2) is 0 Å². The number of aliphatic hydroxyl groups is 1. The second kappa shape index (κ2) is 4.81. The lowest BCUT2D eigenvalue weighted by molar-refractivity contribution is 0.223. The smallest absolute Gasteiger partial charge is 0.113 e. The summed E-state index contributed by atoms with van der Waals surface area (Å²) in [5.41, 5.74) is 3.42. The van der Waals surface area contributed by atoms with Crippen LogP contribution in [0.1, 0.15) is 34.6 Å². The van der Waals surface area contributed by atoms with Gasteiger partial charge in [0.25, 0.3) is 0 Å². The van der Waals surface area contributed by atoms with Crippen molar-refractivity contribution in [2.75, 3.05) is 0 Å². The Kier molecular flexibility index (Phi) is 3.42. The first-order chi connectivity index (χ1) is 7.72. The Morgan fingerprint density at radius 1 is 1.31 bits per heavy atom. The van der Waals surface area contributed by atoms with Gasteiger partial charge in [0.05, 0.1) is 0 Å². The van der Waals surface area contributed by atoms with Crippen molar-refractivity contribution < 1.29 is 5.11 Å². The van der Waals surface area contributed by atoms with Gasteiger partial charge in [0, 0.05) is 4.88 Å². The van der Waals surface area contributed by atoms with Crippen LogP contribution in [-0.4, -0.2) is 5.11 Å². The first kappa shape index (κ1) is 11.4. The van der Waals surface area contributed by atoms with Gasteiger partial charge in [-0.05, 0) is 35.9 Å². The molecule has 16 heavy (non-hydrogen) atoms. The van der Waals surface area contributed by atoms with Gasteiger partial charge in [-0.2, -0.15) is 0 Å². The Hall–Kier alpha value is -1.12. The minimum atomic E-state index is -0.477. The third kappa shape index (κ3) is 2.18. The molecular weight excluding hydrogens is 216 g/mol. The first-order valence-electron chi connectivity index (χ1n) is 5.53. The molecule has 0 spiro atoms. The fourth-order valence-electron chi connectivity index (χ4n) is 1.87. The lowest BCUT2D eigenvalue weighted by Gasteiger charge is -2.11. The minimum Gasteiger partial charge on any atom is -0.383 e. The number of hydrogen-bond donors (Lipinski definition) is 1. The van der Waals surface area contributed by atoms with Gasteiger partial charge < -0.3 is 5.11 Å². The van der Waals surface area contributed by atoms with Crippen molar-refractivity contribution in [1.82, 2.24) is 0 Å². The fourth-order valence-corrected chi connectivity index (χ4v) is 2.88. The Labute approximate surface area is 100 Å². The van der Waals surface area contributed by atoms with E-state index in [1.54, 1.807) is 11.3 Å². The van der Waals surface area contributed by atoms with Crippen molar-refractivity contribution in [2.24, 2.45) is 0 Å². The van der Waals surface area contributed by atoms with Crippen molar-refractivity contribution in [3.63, 3.8) is 0 Å². The predicted octanol–water partition coefficient (Wildman–Crippen LogP) is 3.70. The molecule has 1 aromatic heterocycles. The SMILES string of the molecule is CCc1ccsc1C(O)c1cccc(C)c1. The lowest BCUT2D eigenvalue weighted by Crippen LogP contribution is -2.00. The van der Waals surface area contributed by atoms with Crippen molar-refractivity contribution >= 4 is 11.3 Å². The van der Waals surface area contributed by atoms with Crippen molar-refractivity contribution in [1.29, 1.82) is 0 Å². The summed E-state index contributed by atoms with van der Waals surface area (Å²) in [5.74, 6) is 0. The Morgan fingerprint density at radius 2 is 2.12 bits per heavy atom.